The van der Waals surface area contributed by atoms with E-state index in [1.807, 2.05) is 6.07 Å². The average molecular weight is 517 g/mol. The van der Waals surface area contributed by atoms with Crippen molar-refractivity contribution in [2.75, 3.05) is 26.2 Å². The van der Waals surface area contributed by atoms with Gasteiger partial charge in [-0.1, -0.05) is 29.3 Å². The summed E-state index contributed by atoms with van der Waals surface area (Å²) in [4.78, 5) is 18.1. The molecule has 34 heavy (non-hydrogen) atoms. The summed E-state index contributed by atoms with van der Waals surface area (Å²) in [7, 11) is -4.04. The Hall–Kier alpha value is -3.16. The van der Waals surface area contributed by atoms with Crippen LogP contribution >= 0.6 is 23.2 Å². The molecule has 0 bridgehead atoms. The molecule has 0 N–H and O–H groups in total. The predicted octanol–water partition coefficient (Wildman–Crippen LogP) is 4.20. The summed E-state index contributed by atoms with van der Waals surface area (Å²) in [5.74, 6) is 0.0275. The number of piperazine rings is 1. The van der Waals surface area contributed by atoms with Crippen LogP contribution in [0, 0.1) is 11.3 Å². The molecule has 4 rings (SSSR count). The summed E-state index contributed by atoms with van der Waals surface area (Å²) in [5.41, 5.74) is 0.468. The summed E-state index contributed by atoms with van der Waals surface area (Å²) in [6.45, 7) is 0.569. The van der Waals surface area contributed by atoms with Gasteiger partial charge in [0.05, 0.1) is 11.6 Å². The number of nitriles is 1. The van der Waals surface area contributed by atoms with E-state index in [1.54, 1.807) is 23.1 Å². The molecule has 1 amide bonds. The van der Waals surface area contributed by atoms with Crippen molar-refractivity contribution in [1.82, 2.24) is 14.2 Å². The Bertz CT molecular complexity index is 1350. The molecule has 0 saturated carbocycles. The van der Waals surface area contributed by atoms with Gasteiger partial charge in [0.25, 0.3) is 5.91 Å². The summed E-state index contributed by atoms with van der Waals surface area (Å²) in [5, 5.41) is 9.97. The first-order valence-electron chi connectivity index (χ1n) is 10.2. The van der Waals surface area contributed by atoms with Gasteiger partial charge >= 0.3 is 0 Å². The zero-order valence-electron chi connectivity index (χ0n) is 17.7. The molecule has 174 valence electrons. The van der Waals surface area contributed by atoms with E-state index in [2.05, 4.69) is 4.98 Å². The minimum absolute atomic E-state index is 0.0318. The van der Waals surface area contributed by atoms with E-state index in [0.717, 1.165) is 0 Å². The van der Waals surface area contributed by atoms with Crippen molar-refractivity contribution in [3.8, 4) is 17.6 Å². The molecule has 1 aliphatic heterocycles. The number of hydrogen-bond donors (Lipinski definition) is 0. The molecule has 1 aromatic heterocycles. The number of carbonyl (C=O) groups is 1. The Morgan fingerprint density at radius 3 is 2.32 bits per heavy atom. The predicted molar refractivity (Wildman–Crippen MR) is 127 cm³/mol. The van der Waals surface area contributed by atoms with Crippen LogP contribution in [0.3, 0.4) is 0 Å². The number of benzene rings is 2. The largest absolute Gasteiger partial charge is 0.456 e. The van der Waals surface area contributed by atoms with Crippen molar-refractivity contribution in [3.63, 3.8) is 0 Å². The number of amides is 1. The van der Waals surface area contributed by atoms with Gasteiger partial charge in [-0.15, -0.1) is 0 Å². The number of aromatic nitrogens is 1. The van der Waals surface area contributed by atoms with Gasteiger partial charge in [-0.3, -0.25) is 9.78 Å². The van der Waals surface area contributed by atoms with Crippen molar-refractivity contribution >= 4 is 39.1 Å². The summed E-state index contributed by atoms with van der Waals surface area (Å²) < 4.78 is 34.1. The molecule has 1 aliphatic rings. The topological polar surface area (TPSA) is 104 Å². The van der Waals surface area contributed by atoms with E-state index in [1.165, 1.54) is 46.9 Å². The van der Waals surface area contributed by atoms with E-state index >= 15 is 0 Å². The van der Waals surface area contributed by atoms with Gasteiger partial charge in [0.1, 0.15) is 22.1 Å². The van der Waals surface area contributed by atoms with Crippen LogP contribution in [0.1, 0.15) is 16.1 Å². The zero-order valence-corrected chi connectivity index (χ0v) is 20.0. The first kappa shape index (κ1) is 24.0. The van der Waals surface area contributed by atoms with Crippen LogP contribution in [-0.4, -0.2) is 54.7 Å². The van der Waals surface area contributed by atoms with Crippen molar-refractivity contribution in [2.45, 2.75) is 4.90 Å². The minimum Gasteiger partial charge on any atom is -0.456 e. The van der Waals surface area contributed by atoms with Crippen LogP contribution in [0.5, 0.6) is 11.5 Å². The lowest BCUT2D eigenvalue weighted by atomic mass is 10.2. The number of hydrogen-bond acceptors (Lipinski definition) is 6. The second kappa shape index (κ2) is 9.99. The molecule has 11 heteroatoms. The number of carbonyl (C=O) groups excluding carboxylic acids is 1. The van der Waals surface area contributed by atoms with Gasteiger partial charge < -0.3 is 9.64 Å². The SMILES string of the molecule is N#Cc1ccc(Oc2cc(Cl)cc(Cl)c2)c(S(=O)(=O)N2CCN(C(=O)c3ccccn3)CC2)c1. The fourth-order valence-electron chi connectivity index (χ4n) is 3.50. The lowest BCUT2D eigenvalue weighted by Gasteiger charge is -2.34. The normalized spacial score (nSPS) is 14.4. The molecular formula is C23H18Cl2N4O4S. The molecule has 3 aromatic rings. The van der Waals surface area contributed by atoms with E-state index in [4.69, 9.17) is 27.9 Å². The van der Waals surface area contributed by atoms with E-state index in [0.29, 0.717) is 15.7 Å². The van der Waals surface area contributed by atoms with Crippen LogP contribution in [0.4, 0.5) is 0 Å². The zero-order chi connectivity index (χ0) is 24.3. The molecule has 0 atom stereocenters. The highest BCUT2D eigenvalue weighted by Crippen LogP contribution is 2.34. The highest BCUT2D eigenvalue weighted by molar-refractivity contribution is 7.89. The Labute approximate surface area is 207 Å². The van der Waals surface area contributed by atoms with Crippen molar-refractivity contribution in [2.24, 2.45) is 0 Å². The number of rotatable bonds is 5. The smallest absolute Gasteiger partial charge is 0.272 e. The maximum absolute atomic E-state index is 13.5. The molecule has 1 fully saturated rings. The van der Waals surface area contributed by atoms with Gasteiger partial charge in [0.2, 0.25) is 10.0 Å². The molecule has 1 saturated heterocycles. The Kier molecular flexibility index (Phi) is 7.05. The number of halogens is 2. The fourth-order valence-corrected chi connectivity index (χ4v) is 5.57. The van der Waals surface area contributed by atoms with Crippen LogP contribution in [0.2, 0.25) is 10.0 Å². The van der Waals surface area contributed by atoms with Crippen LogP contribution < -0.4 is 4.74 Å². The molecule has 2 heterocycles. The second-order valence-corrected chi connectivity index (χ2v) is 10.2. The molecule has 0 radical (unpaired) electrons. The lowest BCUT2D eigenvalue weighted by Crippen LogP contribution is -2.50. The highest BCUT2D eigenvalue weighted by Gasteiger charge is 2.33. The van der Waals surface area contributed by atoms with E-state index < -0.39 is 10.0 Å². The van der Waals surface area contributed by atoms with Gasteiger partial charge in [0.15, 0.2) is 0 Å². The van der Waals surface area contributed by atoms with E-state index in [-0.39, 0.29) is 54.0 Å². The molecular weight excluding hydrogens is 499 g/mol. The number of pyridine rings is 1. The van der Waals surface area contributed by atoms with Crippen molar-refractivity contribution in [3.05, 3.63) is 82.1 Å². The molecule has 0 spiro atoms. The van der Waals surface area contributed by atoms with Gasteiger partial charge in [-0.2, -0.15) is 9.57 Å². The molecule has 0 aliphatic carbocycles. The Morgan fingerprint density at radius 1 is 1.00 bits per heavy atom. The number of sulfonamides is 1. The van der Waals surface area contributed by atoms with Crippen LogP contribution in [-0.2, 0) is 10.0 Å². The average Bonchev–Trinajstić information content (AvgIpc) is 2.83. The third-order valence-electron chi connectivity index (χ3n) is 5.16. The lowest BCUT2D eigenvalue weighted by molar-refractivity contribution is 0.0692. The van der Waals surface area contributed by atoms with Crippen molar-refractivity contribution in [1.29, 1.82) is 5.26 Å². The third-order valence-corrected chi connectivity index (χ3v) is 7.52. The van der Waals surface area contributed by atoms with Crippen LogP contribution in [0.15, 0.2) is 65.7 Å². The quantitative estimate of drug-likeness (QED) is 0.503. The van der Waals surface area contributed by atoms with Crippen molar-refractivity contribution < 1.29 is 17.9 Å². The third kappa shape index (κ3) is 5.16. The van der Waals surface area contributed by atoms with Gasteiger partial charge in [-0.05, 0) is 48.5 Å². The fraction of sp³-hybridized carbons (Fsp3) is 0.174. The maximum Gasteiger partial charge on any atom is 0.272 e. The molecule has 8 nitrogen and oxygen atoms in total. The number of ether oxygens (including phenoxy) is 1. The summed E-state index contributed by atoms with van der Waals surface area (Å²) in [6.07, 6.45) is 1.53. The number of nitrogens with zero attached hydrogens (tertiary/aromatic N) is 4. The minimum atomic E-state index is -4.04. The van der Waals surface area contributed by atoms with Gasteiger partial charge in [-0.25, -0.2) is 8.42 Å². The standard InChI is InChI=1S/C23H18Cl2N4O4S/c24-17-12-18(25)14-19(13-17)33-21-5-4-16(15-26)11-22(21)34(31,32)29-9-7-28(8-10-29)23(30)20-3-1-2-6-27-20/h1-6,11-14H,7-10H2. The van der Waals surface area contributed by atoms with Gasteiger partial charge in [0, 0.05) is 42.4 Å². The van der Waals surface area contributed by atoms with Crippen LogP contribution in [0.25, 0.3) is 0 Å². The first-order valence-corrected chi connectivity index (χ1v) is 12.4. The highest BCUT2D eigenvalue weighted by atomic mass is 35.5. The Morgan fingerprint density at radius 2 is 1.71 bits per heavy atom. The summed E-state index contributed by atoms with van der Waals surface area (Å²) >= 11 is 12.1. The second-order valence-electron chi connectivity index (χ2n) is 7.39. The molecule has 0 unspecified atom stereocenters. The first-order chi connectivity index (χ1) is 16.3. The monoisotopic (exact) mass is 516 g/mol. The molecule has 2 aromatic carbocycles. The maximum atomic E-state index is 13.5. The Balaban J connectivity index is 1.58. The van der Waals surface area contributed by atoms with E-state index in [9.17, 15) is 18.5 Å². The summed E-state index contributed by atoms with van der Waals surface area (Å²) in [6, 6.07) is 15.7.